The molecule has 0 bridgehead atoms. The highest BCUT2D eigenvalue weighted by Crippen LogP contribution is 2.35. The van der Waals surface area contributed by atoms with E-state index >= 15 is 0 Å². The number of benzene rings is 3. The van der Waals surface area contributed by atoms with Gasteiger partial charge in [0.05, 0.1) is 18.5 Å². The molecule has 3 aromatic carbocycles. The second-order valence-electron chi connectivity index (χ2n) is 10.9. The highest BCUT2D eigenvalue weighted by molar-refractivity contribution is 5.83. The van der Waals surface area contributed by atoms with E-state index in [1.54, 1.807) is 0 Å². The van der Waals surface area contributed by atoms with Gasteiger partial charge < -0.3 is 15.5 Å². The molecule has 5 aromatic rings. The first kappa shape index (κ1) is 26.0. The number of nitrogens with zero attached hydrogens (tertiary/aromatic N) is 2. The van der Waals surface area contributed by atoms with Gasteiger partial charge in [0.2, 0.25) is 5.91 Å². The maximum Gasteiger partial charge on any atom is 0.225 e. The van der Waals surface area contributed by atoms with Crippen LogP contribution < -0.4 is 11.1 Å². The number of aromatic nitrogens is 1. The van der Waals surface area contributed by atoms with E-state index in [1.807, 2.05) is 54.9 Å². The summed E-state index contributed by atoms with van der Waals surface area (Å²) in [4.78, 5) is 19.9. The summed E-state index contributed by atoms with van der Waals surface area (Å²) >= 11 is 0. The van der Waals surface area contributed by atoms with E-state index in [4.69, 9.17) is 10.2 Å². The van der Waals surface area contributed by atoms with E-state index in [2.05, 4.69) is 71.5 Å². The van der Waals surface area contributed by atoms with Crippen LogP contribution in [0.1, 0.15) is 51.2 Å². The van der Waals surface area contributed by atoms with Gasteiger partial charge in [0.15, 0.2) is 0 Å². The summed E-state index contributed by atoms with van der Waals surface area (Å²) in [5.41, 5.74) is 13.5. The molecule has 3 heterocycles. The van der Waals surface area contributed by atoms with Gasteiger partial charge in [-0.1, -0.05) is 60.2 Å². The number of nitrogens with one attached hydrogen (secondary N) is 1. The number of carbonyl (C=O) groups excluding carboxylic acids is 1. The van der Waals surface area contributed by atoms with Crippen molar-refractivity contribution in [3.05, 3.63) is 136 Å². The SMILES string of the molecule is Cc1ccc(C(NC(=O)Cc2ccc3oc(C(c4ccncc4)N4CC(N)C4)cc3c2)c2ccccc2)c(C)c1. The topological polar surface area (TPSA) is 84.4 Å². The van der Waals surface area contributed by atoms with Crippen molar-refractivity contribution >= 4 is 16.9 Å². The fourth-order valence-corrected chi connectivity index (χ4v) is 5.75. The quantitative estimate of drug-likeness (QED) is 0.272. The van der Waals surface area contributed by atoms with Crippen molar-refractivity contribution in [2.24, 2.45) is 5.73 Å². The van der Waals surface area contributed by atoms with Crippen molar-refractivity contribution in [1.82, 2.24) is 15.2 Å². The average Bonchev–Trinajstić information content (AvgIpc) is 3.35. The molecule has 0 saturated carbocycles. The van der Waals surface area contributed by atoms with Crippen LogP contribution in [0.3, 0.4) is 0 Å². The molecule has 3 N–H and O–H groups in total. The molecule has 6 rings (SSSR count). The Morgan fingerprint density at radius 3 is 2.48 bits per heavy atom. The number of likely N-dealkylation sites (tertiary alicyclic amines) is 1. The molecule has 0 spiro atoms. The Morgan fingerprint density at radius 2 is 1.75 bits per heavy atom. The molecule has 0 radical (unpaired) electrons. The molecule has 202 valence electrons. The minimum absolute atomic E-state index is 0.0219. The third-order valence-corrected chi connectivity index (χ3v) is 7.73. The van der Waals surface area contributed by atoms with Gasteiger partial charge in [0.25, 0.3) is 0 Å². The van der Waals surface area contributed by atoms with Gasteiger partial charge in [-0.25, -0.2) is 0 Å². The number of nitrogens with two attached hydrogens (primary N) is 1. The van der Waals surface area contributed by atoms with Crippen molar-refractivity contribution in [2.45, 2.75) is 38.4 Å². The van der Waals surface area contributed by atoms with Crippen LogP contribution in [0.4, 0.5) is 0 Å². The number of aryl methyl sites for hydroxylation is 2. The highest BCUT2D eigenvalue weighted by Gasteiger charge is 2.34. The maximum absolute atomic E-state index is 13.4. The molecule has 2 atom stereocenters. The van der Waals surface area contributed by atoms with Gasteiger partial charge in [-0.3, -0.25) is 14.7 Å². The van der Waals surface area contributed by atoms with Crippen LogP contribution >= 0.6 is 0 Å². The lowest BCUT2D eigenvalue weighted by molar-refractivity contribution is -0.120. The fraction of sp³-hybridized carbons (Fsp3) is 0.235. The lowest BCUT2D eigenvalue weighted by Crippen LogP contribution is -2.56. The number of rotatable bonds is 8. The van der Waals surface area contributed by atoms with Crippen LogP contribution in [0.25, 0.3) is 11.0 Å². The second kappa shape index (κ2) is 11.1. The number of pyridine rings is 1. The zero-order valence-electron chi connectivity index (χ0n) is 22.9. The van der Waals surface area contributed by atoms with E-state index in [0.717, 1.165) is 57.6 Å². The van der Waals surface area contributed by atoms with Crippen LogP contribution in [-0.2, 0) is 11.2 Å². The number of carbonyl (C=O) groups is 1. The molecule has 1 fully saturated rings. The summed E-state index contributed by atoms with van der Waals surface area (Å²) in [5.74, 6) is 0.842. The minimum Gasteiger partial charge on any atom is -0.459 e. The highest BCUT2D eigenvalue weighted by atomic mass is 16.3. The summed E-state index contributed by atoms with van der Waals surface area (Å²) in [6, 6.07) is 28.6. The zero-order chi connectivity index (χ0) is 27.6. The van der Waals surface area contributed by atoms with E-state index in [-0.39, 0.29) is 30.5 Å². The van der Waals surface area contributed by atoms with Crippen molar-refractivity contribution in [1.29, 1.82) is 0 Å². The number of fused-ring (bicyclic) bond motifs is 1. The standard InChI is InChI=1S/C34H34N4O2/c1-22-8-10-29(23(2)16-22)33(25-6-4-3-5-7-25)37-32(39)18-24-9-11-30-27(17-24)19-31(40-30)34(38-20-28(35)21-38)26-12-14-36-15-13-26/h3-17,19,28,33-34H,18,20-21,35H2,1-2H3,(H,37,39). The molecule has 1 saturated heterocycles. The molecular weight excluding hydrogens is 496 g/mol. The van der Waals surface area contributed by atoms with Crippen LogP contribution in [0, 0.1) is 13.8 Å². The first-order chi connectivity index (χ1) is 19.4. The van der Waals surface area contributed by atoms with Crippen LogP contribution in [0.5, 0.6) is 0 Å². The summed E-state index contributed by atoms with van der Waals surface area (Å²) in [5, 5.41) is 4.28. The molecule has 2 aromatic heterocycles. The summed E-state index contributed by atoms with van der Waals surface area (Å²) < 4.78 is 6.34. The van der Waals surface area contributed by atoms with Crippen molar-refractivity contribution in [2.75, 3.05) is 13.1 Å². The van der Waals surface area contributed by atoms with E-state index in [1.165, 1.54) is 5.56 Å². The Kier molecular flexibility index (Phi) is 7.20. The first-order valence-corrected chi connectivity index (χ1v) is 13.8. The van der Waals surface area contributed by atoms with Gasteiger partial charge in [0.1, 0.15) is 11.3 Å². The number of amides is 1. The molecule has 6 nitrogen and oxygen atoms in total. The Balaban J connectivity index is 1.24. The number of hydrogen-bond donors (Lipinski definition) is 2. The van der Waals surface area contributed by atoms with Crippen LogP contribution in [-0.4, -0.2) is 34.9 Å². The minimum atomic E-state index is -0.220. The number of hydrogen-bond acceptors (Lipinski definition) is 5. The Bertz CT molecular complexity index is 1620. The fourth-order valence-electron chi connectivity index (χ4n) is 5.75. The lowest BCUT2D eigenvalue weighted by Gasteiger charge is -2.42. The molecular formula is C34H34N4O2. The van der Waals surface area contributed by atoms with E-state index < -0.39 is 0 Å². The molecule has 1 aliphatic rings. The Hall–Kier alpha value is -4.26. The van der Waals surface area contributed by atoms with E-state index in [0.29, 0.717) is 0 Å². The zero-order valence-corrected chi connectivity index (χ0v) is 22.9. The van der Waals surface area contributed by atoms with Crippen molar-refractivity contribution in [3.63, 3.8) is 0 Å². The van der Waals surface area contributed by atoms with Gasteiger partial charge in [-0.2, -0.15) is 0 Å². The van der Waals surface area contributed by atoms with Crippen molar-refractivity contribution < 1.29 is 9.21 Å². The van der Waals surface area contributed by atoms with Crippen molar-refractivity contribution in [3.8, 4) is 0 Å². The molecule has 6 heteroatoms. The third-order valence-electron chi connectivity index (χ3n) is 7.73. The summed E-state index contributed by atoms with van der Waals surface area (Å²) in [6.45, 7) is 5.82. The molecule has 2 unspecified atom stereocenters. The van der Waals surface area contributed by atoms with Gasteiger partial charge in [-0.05, 0) is 72.0 Å². The largest absolute Gasteiger partial charge is 0.459 e. The normalized spacial score (nSPS) is 15.5. The van der Waals surface area contributed by atoms with Crippen LogP contribution in [0.15, 0.2) is 102 Å². The predicted octanol–water partition coefficient (Wildman–Crippen LogP) is 5.63. The van der Waals surface area contributed by atoms with Crippen LogP contribution in [0.2, 0.25) is 0 Å². The maximum atomic E-state index is 13.4. The first-order valence-electron chi connectivity index (χ1n) is 13.8. The van der Waals surface area contributed by atoms with Gasteiger partial charge >= 0.3 is 0 Å². The Morgan fingerprint density at radius 1 is 0.975 bits per heavy atom. The smallest absolute Gasteiger partial charge is 0.225 e. The Labute approximate surface area is 234 Å². The second-order valence-corrected chi connectivity index (χ2v) is 10.9. The number of furan rings is 1. The monoisotopic (exact) mass is 530 g/mol. The summed E-state index contributed by atoms with van der Waals surface area (Å²) in [6.07, 6.45) is 3.89. The average molecular weight is 531 g/mol. The summed E-state index contributed by atoms with van der Waals surface area (Å²) in [7, 11) is 0. The third kappa shape index (κ3) is 5.41. The molecule has 0 aliphatic carbocycles. The molecule has 1 aliphatic heterocycles. The predicted molar refractivity (Wildman–Crippen MR) is 158 cm³/mol. The molecule has 1 amide bonds. The lowest BCUT2D eigenvalue weighted by atomic mass is 9.93. The van der Waals surface area contributed by atoms with Gasteiger partial charge in [0, 0.05) is 36.9 Å². The van der Waals surface area contributed by atoms with E-state index in [9.17, 15) is 4.79 Å². The van der Waals surface area contributed by atoms with Gasteiger partial charge in [-0.15, -0.1) is 0 Å². The molecule has 40 heavy (non-hydrogen) atoms.